The number of piperidine rings is 1. The summed E-state index contributed by atoms with van der Waals surface area (Å²) in [4.78, 5) is 24.4. The van der Waals surface area contributed by atoms with Crippen LogP contribution < -0.4 is 15.0 Å². The van der Waals surface area contributed by atoms with Gasteiger partial charge in [-0.25, -0.2) is 4.98 Å². The Kier molecular flexibility index (Phi) is 8.29. The lowest BCUT2D eigenvalue weighted by Crippen LogP contribution is -2.52. The summed E-state index contributed by atoms with van der Waals surface area (Å²) in [6, 6.07) is 11.8. The van der Waals surface area contributed by atoms with E-state index in [0.717, 1.165) is 58.1 Å². The van der Waals surface area contributed by atoms with E-state index in [-0.39, 0.29) is 17.7 Å². The monoisotopic (exact) mass is 473 g/mol. The molecular weight excluding hydrogens is 440 g/mol. The van der Waals surface area contributed by atoms with Gasteiger partial charge in [0.25, 0.3) is 0 Å². The van der Waals surface area contributed by atoms with Gasteiger partial charge in [0.15, 0.2) is 0 Å². The molecule has 0 radical (unpaired) electrons. The number of nitrogens with one attached hydrogen (secondary N) is 1. The number of ether oxygens (including phenoxy) is 1. The summed E-state index contributed by atoms with van der Waals surface area (Å²) >= 11 is 0. The standard InChI is InChI=1S/C25H33F2N5O2/c1-19(24(33)29-21-7-9-22(10-8-21)34-25(26)27)32-12-4-5-20(18-32)17-30-13-15-31(16-14-30)23-6-2-3-11-28-23/h2-3,6-11,19-20,25H,4-5,12-18H2,1H3,(H,29,33)/t19-,20+/m1/s1. The smallest absolute Gasteiger partial charge is 0.387 e. The van der Waals surface area contributed by atoms with E-state index in [1.165, 1.54) is 18.6 Å². The summed E-state index contributed by atoms with van der Waals surface area (Å²) in [6.07, 6.45) is 4.10. The molecule has 0 unspecified atom stereocenters. The van der Waals surface area contributed by atoms with E-state index in [1.54, 1.807) is 12.1 Å². The second-order valence-electron chi connectivity index (χ2n) is 9.05. The number of amides is 1. The highest BCUT2D eigenvalue weighted by molar-refractivity contribution is 5.94. The van der Waals surface area contributed by atoms with Crippen LogP contribution in [0.4, 0.5) is 20.3 Å². The summed E-state index contributed by atoms with van der Waals surface area (Å²) in [7, 11) is 0. The van der Waals surface area contributed by atoms with Crippen molar-refractivity contribution in [2.24, 2.45) is 5.92 Å². The maximum Gasteiger partial charge on any atom is 0.387 e. The Balaban J connectivity index is 1.23. The highest BCUT2D eigenvalue weighted by Gasteiger charge is 2.29. The maximum absolute atomic E-state index is 12.8. The van der Waals surface area contributed by atoms with E-state index in [2.05, 4.69) is 35.8 Å². The van der Waals surface area contributed by atoms with Crippen LogP contribution in [0.3, 0.4) is 0 Å². The van der Waals surface area contributed by atoms with E-state index in [0.29, 0.717) is 11.6 Å². The molecule has 0 spiro atoms. The Morgan fingerprint density at radius 3 is 2.56 bits per heavy atom. The molecule has 184 valence electrons. The van der Waals surface area contributed by atoms with E-state index < -0.39 is 6.61 Å². The topological polar surface area (TPSA) is 60.9 Å². The van der Waals surface area contributed by atoms with Crippen molar-refractivity contribution in [2.75, 3.05) is 56.0 Å². The molecule has 1 amide bonds. The SMILES string of the molecule is C[C@H](C(=O)Nc1ccc(OC(F)F)cc1)N1CCC[C@@H](CN2CCN(c3ccccn3)CC2)C1. The number of hydrogen-bond donors (Lipinski definition) is 1. The molecule has 2 aliphatic rings. The molecule has 4 rings (SSSR count). The van der Waals surface area contributed by atoms with Crippen LogP contribution in [-0.2, 0) is 4.79 Å². The van der Waals surface area contributed by atoms with Crippen LogP contribution in [0.2, 0.25) is 0 Å². The maximum atomic E-state index is 12.8. The van der Waals surface area contributed by atoms with Crippen LogP contribution in [0.5, 0.6) is 5.75 Å². The number of carbonyl (C=O) groups excluding carboxylic acids is 1. The highest BCUT2D eigenvalue weighted by Crippen LogP contribution is 2.23. The van der Waals surface area contributed by atoms with Crippen LogP contribution in [0.1, 0.15) is 19.8 Å². The van der Waals surface area contributed by atoms with E-state index in [9.17, 15) is 13.6 Å². The number of rotatable bonds is 8. The number of likely N-dealkylation sites (tertiary alicyclic amines) is 1. The van der Waals surface area contributed by atoms with Gasteiger partial charge in [-0.1, -0.05) is 6.07 Å². The molecule has 2 aromatic rings. The average Bonchev–Trinajstić information content (AvgIpc) is 2.85. The van der Waals surface area contributed by atoms with Crippen LogP contribution in [-0.4, -0.2) is 79.2 Å². The molecule has 0 saturated carbocycles. The Hall–Kier alpha value is -2.78. The molecule has 2 aliphatic heterocycles. The molecule has 0 aliphatic carbocycles. The van der Waals surface area contributed by atoms with Gasteiger partial charge in [0.2, 0.25) is 5.91 Å². The fraction of sp³-hybridized carbons (Fsp3) is 0.520. The van der Waals surface area contributed by atoms with E-state index >= 15 is 0 Å². The average molecular weight is 474 g/mol. The molecule has 2 saturated heterocycles. The van der Waals surface area contributed by atoms with Crippen molar-refractivity contribution in [1.29, 1.82) is 0 Å². The van der Waals surface area contributed by atoms with Gasteiger partial charge in [-0.2, -0.15) is 8.78 Å². The summed E-state index contributed by atoms with van der Waals surface area (Å²) in [6.45, 7) is 5.92. The van der Waals surface area contributed by atoms with Crippen LogP contribution in [0.15, 0.2) is 48.7 Å². The van der Waals surface area contributed by atoms with Crippen molar-refractivity contribution in [2.45, 2.75) is 32.4 Å². The van der Waals surface area contributed by atoms with Gasteiger partial charge >= 0.3 is 6.61 Å². The van der Waals surface area contributed by atoms with Crippen LogP contribution in [0, 0.1) is 5.92 Å². The minimum Gasteiger partial charge on any atom is -0.435 e. The number of pyridine rings is 1. The van der Waals surface area contributed by atoms with Gasteiger partial charge in [0, 0.05) is 51.2 Å². The molecule has 1 aromatic carbocycles. The Morgan fingerprint density at radius 2 is 1.88 bits per heavy atom. The largest absolute Gasteiger partial charge is 0.435 e. The second-order valence-corrected chi connectivity index (χ2v) is 9.05. The van der Waals surface area contributed by atoms with Crippen LogP contribution >= 0.6 is 0 Å². The van der Waals surface area contributed by atoms with Gasteiger partial charge in [0.1, 0.15) is 11.6 Å². The molecule has 1 aromatic heterocycles. The van der Waals surface area contributed by atoms with Gasteiger partial charge in [-0.15, -0.1) is 0 Å². The second kappa shape index (κ2) is 11.6. The number of carbonyl (C=O) groups is 1. The van der Waals surface area contributed by atoms with Crippen molar-refractivity contribution in [1.82, 2.24) is 14.8 Å². The number of halogens is 2. The lowest BCUT2D eigenvalue weighted by molar-refractivity contribution is -0.121. The van der Waals surface area contributed by atoms with Crippen molar-refractivity contribution in [3.8, 4) is 5.75 Å². The molecular formula is C25H33F2N5O2. The van der Waals surface area contributed by atoms with Crippen molar-refractivity contribution < 1.29 is 18.3 Å². The molecule has 34 heavy (non-hydrogen) atoms. The van der Waals surface area contributed by atoms with Gasteiger partial charge in [-0.05, 0) is 68.6 Å². The fourth-order valence-corrected chi connectivity index (χ4v) is 4.80. The Labute approximate surface area is 199 Å². The molecule has 7 nitrogen and oxygen atoms in total. The molecule has 9 heteroatoms. The summed E-state index contributed by atoms with van der Waals surface area (Å²) in [5.41, 5.74) is 0.567. The first-order valence-electron chi connectivity index (χ1n) is 12.0. The molecule has 3 heterocycles. The minimum atomic E-state index is -2.86. The fourth-order valence-electron chi connectivity index (χ4n) is 4.80. The van der Waals surface area contributed by atoms with Gasteiger partial charge < -0.3 is 15.0 Å². The van der Waals surface area contributed by atoms with Crippen molar-refractivity contribution in [3.63, 3.8) is 0 Å². The predicted molar refractivity (Wildman–Crippen MR) is 128 cm³/mol. The summed E-state index contributed by atoms with van der Waals surface area (Å²) < 4.78 is 29.0. The number of anilines is 2. The number of hydrogen-bond acceptors (Lipinski definition) is 6. The molecule has 0 bridgehead atoms. The van der Waals surface area contributed by atoms with Crippen LogP contribution in [0.25, 0.3) is 0 Å². The first-order chi connectivity index (χ1) is 16.5. The first kappa shape index (κ1) is 24.3. The highest BCUT2D eigenvalue weighted by atomic mass is 19.3. The molecule has 1 N–H and O–H groups in total. The van der Waals surface area contributed by atoms with Crippen molar-refractivity contribution >= 4 is 17.4 Å². The number of alkyl halides is 2. The zero-order chi connectivity index (χ0) is 23.9. The Bertz CT molecular complexity index is 907. The molecule has 2 fully saturated rings. The third-order valence-corrected chi connectivity index (χ3v) is 6.69. The van der Waals surface area contributed by atoms with E-state index in [4.69, 9.17) is 0 Å². The zero-order valence-electron chi connectivity index (χ0n) is 19.6. The third-order valence-electron chi connectivity index (χ3n) is 6.69. The number of piperazine rings is 1. The Morgan fingerprint density at radius 1 is 1.12 bits per heavy atom. The van der Waals surface area contributed by atoms with Crippen molar-refractivity contribution in [3.05, 3.63) is 48.7 Å². The van der Waals surface area contributed by atoms with Gasteiger partial charge in [0.05, 0.1) is 6.04 Å². The minimum absolute atomic E-state index is 0.0702. The summed E-state index contributed by atoms with van der Waals surface area (Å²) in [5, 5.41) is 2.89. The number of aromatic nitrogens is 1. The predicted octanol–water partition coefficient (Wildman–Crippen LogP) is 3.54. The zero-order valence-corrected chi connectivity index (χ0v) is 19.6. The third kappa shape index (κ3) is 6.64. The normalized spacial score (nSPS) is 20.8. The number of nitrogens with zero attached hydrogens (tertiary/aromatic N) is 4. The van der Waals surface area contributed by atoms with E-state index in [1.807, 2.05) is 25.3 Å². The lowest BCUT2D eigenvalue weighted by Gasteiger charge is -2.40. The summed E-state index contributed by atoms with van der Waals surface area (Å²) in [5.74, 6) is 1.56. The molecule has 2 atom stereocenters. The lowest BCUT2D eigenvalue weighted by atomic mass is 9.95. The quantitative estimate of drug-likeness (QED) is 0.633. The first-order valence-corrected chi connectivity index (χ1v) is 12.0. The number of benzene rings is 1. The van der Waals surface area contributed by atoms with Gasteiger partial charge in [-0.3, -0.25) is 14.6 Å².